The predicted octanol–water partition coefficient (Wildman–Crippen LogP) is 2.80. The molecule has 1 N–H and O–H groups in total. The summed E-state index contributed by atoms with van der Waals surface area (Å²) in [6.45, 7) is 3.98. The maximum Gasteiger partial charge on any atom is 0.202 e. The van der Waals surface area contributed by atoms with Gasteiger partial charge in [0.2, 0.25) is 5.13 Å². The highest BCUT2D eigenvalue weighted by atomic mass is 32.1. The number of nitrogens with one attached hydrogen (secondary N) is 1. The van der Waals surface area contributed by atoms with E-state index in [4.69, 9.17) is 4.74 Å². The molecule has 2 aromatic rings. The molecule has 3 rings (SSSR count). The Kier molecular flexibility index (Phi) is 5.96. The van der Waals surface area contributed by atoms with E-state index in [1.807, 2.05) is 0 Å². The van der Waals surface area contributed by atoms with Crippen molar-refractivity contribution in [3.8, 4) is 0 Å². The summed E-state index contributed by atoms with van der Waals surface area (Å²) in [5.41, 5.74) is 1.39. The molecule has 124 valence electrons. The third-order valence-electron chi connectivity index (χ3n) is 4.16. The van der Waals surface area contributed by atoms with E-state index in [0.717, 1.165) is 49.9 Å². The van der Waals surface area contributed by atoms with E-state index in [2.05, 4.69) is 49.9 Å². The van der Waals surface area contributed by atoms with Crippen LogP contribution in [0.5, 0.6) is 0 Å². The second-order valence-corrected chi connectivity index (χ2v) is 6.69. The lowest BCUT2D eigenvalue weighted by atomic mass is 10.0. The van der Waals surface area contributed by atoms with Crippen molar-refractivity contribution in [3.05, 3.63) is 41.7 Å². The molecule has 0 aliphatic carbocycles. The van der Waals surface area contributed by atoms with Gasteiger partial charge in [-0.25, -0.2) is 4.98 Å². The van der Waals surface area contributed by atoms with E-state index in [1.165, 1.54) is 17.1 Å². The second kappa shape index (κ2) is 8.38. The molecule has 2 heterocycles. The molecule has 1 aliphatic heterocycles. The summed E-state index contributed by atoms with van der Waals surface area (Å²) in [5.74, 6) is 0.876. The van der Waals surface area contributed by atoms with Crippen molar-refractivity contribution in [3.63, 3.8) is 0 Å². The summed E-state index contributed by atoms with van der Waals surface area (Å²) in [7, 11) is 1.70. The predicted molar refractivity (Wildman–Crippen MR) is 93.9 cm³/mol. The minimum absolute atomic E-state index is 0.505. The monoisotopic (exact) mass is 332 g/mol. The van der Waals surface area contributed by atoms with E-state index in [9.17, 15) is 0 Å². The van der Waals surface area contributed by atoms with Gasteiger partial charge in [-0.2, -0.15) is 4.37 Å². The van der Waals surface area contributed by atoms with Crippen LogP contribution in [0.2, 0.25) is 0 Å². The van der Waals surface area contributed by atoms with Crippen LogP contribution >= 0.6 is 11.5 Å². The SMILES string of the molecule is COCCc1nsc(NC2CCN(Cc3ccccc3)CC2)n1. The van der Waals surface area contributed by atoms with E-state index in [1.54, 1.807) is 7.11 Å². The zero-order valence-electron chi connectivity index (χ0n) is 13.6. The summed E-state index contributed by atoms with van der Waals surface area (Å²) in [6, 6.07) is 11.2. The number of piperidine rings is 1. The van der Waals surface area contributed by atoms with Crippen LogP contribution in [0.1, 0.15) is 24.2 Å². The van der Waals surface area contributed by atoms with Gasteiger partial charge in [-0.3, -0.25) is 4.90 Å². The molecule has 1 fully saturated rings. The number of methoxy groups -OCH3 is 1. The lowest BCUT2D eigenvalue weighted by Crippen LogP contribution is -2.38. The Balaban J connectivity index is 1.43. The number of hydrogen-bond donors (Lipinski definition) is 1. The number of rotatable bonds is 7. The Hall–Kier alpha value is -1.50. The van der Waals surface area contributed by atoms with Gasteiger partial charge in [-0.1, -0.05) is 30.3 Å². The molecule has 0 unspecified atom stereocenters. The van der Waals surface area contributed by atoms with Crippen LogP contribution in [0.25, 0.3) is 0 Å². The van der Waals surface area contributed by atoms with Gasteiger partial charge in [0.25, 0.3) is 0 Å². The van der Waals surface area contributed by atoms with Gasteiger partial charge in [-0.05, 0) is 18.4 Å². The first-order chi connectivity index (χ1) is 11.3. The van der Waals surface area contributed by atoms with E-state index in [-0.39, 0.29) is 0 Å². The Morgan fingerprint density at radius 2 is 2.04 bits per heavy atom. The minimum atomic E-state index is 0.505. The average molecular weight is 332 g/mol. The number of anilines is 1. The third-order valence-corrected chi connectivity index (χ3v) is 4.85. The molecule has 6 heteroatoms. The Morgan fingerprint density at radius 1 is 1.26 bits per heavy atom. The van der Waals surface area contributed by atoms with Crippen LogP contribution in [-0.2, 0) is 17.7 Å². The number of likely N-dealkylation sites (tertiary alicyclic amines) is 1. The standard InChI is InChI=1S/C17H24N4OS/c1-22-12-9-16-19-17(23-20-16)18-15-7-10-21(11-8-15)13-14-5-3-2-4-6-14/h2-6,15H,7-13H2,1H3,(H,18,19,20). The molecule has 0 atom stereocenters. The van der Waals surface area contributed by atoms with Crippen molar-refractivity contribution < 1.29 is 4.74 Å². The quantitative estimate of drug-likeness (QED) is 0.845. The lowest BCUT2D eigenvalue weighted by molar-refractivity contribution is 0.201. The summed E-state index contributed by atoms with van der Waals surface area (Å²) in [4.78, 5) is 7.06. The number of ether oxygens (including phenoxy) is 1. The van der Waals surface area contributed by atoms with Crippen LogP contribution in [0, 0.1) is 0 Å². The van der Waals surface area contributed by atoms with Crippen LogP contribution in [0.4, 0.5) is 5.13 Å². The molecule has 1 aromatic heterocycles. The Bertz CT molecular complexity index is 581. The number of benzene rings is 1. The molecular weight excluding hydrogens is 308 g/mol. The van der Waals surface area contributed by atoms with Gasteiger partial charge < -0.3 is 10.1 Å². The van der Waals surface area contributed by atoms with Crippen molar-refractivity contribution in [2.75, 3.05) is 32.1 Å². The molecule has 0 amide bonds. The first kappa shape index (κ1) is 16.4. The Morgan fingerprint density at radius 3 is 2.78 bits per heavy atom. The lowest BCUT2D eigenvalue weighted by Gasteiger charge is -2.32. The number of hydrogen-bond acceptors (Lipinski definition) is 6. The highest BCUT2D eigenvalue weighted by Crippen LogP contribution is 2.19. The molecule has 5 nitrogen and oxygen atoms in total. The summed E-state index contributed by atoms with van der Waals surface area (Å²) in [5, 5.41) is 4.48. The molecule has 23 heavy (non-hydrogen) atoms. The zero-order chi connectivity index (χ0) is 15.9. The van der Waals surface area contributed by atoms with Crippen LogP contribution < -0.4 is 5.32 Å². The van der Waals surface area contributed by atoms with Gasteiger partial charge >= 0.3 is 0 Å². The molecule has 0 saturated carbocycles. The minimum Gasteiger partial charge on any atom is -0.384 e. The maximum absolute atomic E-state index is 5.06. The molecule has 0 bridgehead atoms. The van der Waals surface area contributed by atoms with Crippen molar-refractivity contribution in [1.29, 1.82) is 0 Å². The Labute approximate surface area is 141 Å². The van der Waals surface area contributed by atoms with Crippen LogP contribution in [0.15, 0.2) is 30.3 Å². The van der Waals surface area contributed by atoms with Crippen LogP contribution in [0.3, 0.4) is 0 Å². The van der Waals surface area contributed by atoms with Crippen molar-refractivity contribution in [1.82, 2.24) is 14.3 Å². The van der Waals surface area contributed by atoms with Gasteiger partial charge in [0.15, 0.2) is 0 Å². The normalized spacial score (nSPS) is 16.6. The largest absolute Gasteiger partial charge is 0.384 e. The fourth-order valence-electron chi connectivity index (χ4n) is 2.86. The first-order valence-corrected chi connectivity index (χ1v) is 8.95. The molecule has 1 aliphatic rings. The van der Waals surface area contributed by atoms with Crippen molar-refractivity contribution in [2.45, 2.75) is 31.8 Å². The highest BCUT2D eigenvalue weighted by molar-refractivity contribution is 7.09. The summed E-state index contributed by atoms with van der Waals surface area (Å²) >= 11 is 1.46. The highest BCUT2D eigenvalue weighted by Gasteiger charge is 2.20. The molecule has 1 aromatic carbocycles. The van der Waals surface area contributed by atoms with Gasteiger partial charge in [-0.15, -0.1) is 0 Å². The maximum atomic E-state index is 5.06. The topological polar surface area (TPSA) is 50.3 Å². The van der Waals surface area contributed by atoms with E-state index in [0.29, 0.717) is 12.6 Å². The first-order valence-electron chi connectivity index (χ1n) is 8.18. The average Bonchev–Trinajstić information content (AvgIpc) is 3.03. The zero-order valence-corrected chi connectivity index (χ0v) is 14.4. The van der Waals surface area contributed by atoms with Gasteiger partial charge in [0.1, 0.15) is 5.82 Å². The summed E-state index contributed by atoms with van der Waals surface area (Å²) < 4.78 is 9.43. The molecule has 1 saturated heterocycles. The second-order valence-electron chi connectivity index (χ2n) is 5.94. The van der Waals surface area contributed by atoms with Crippen molar-refractivity contribution >= 4 is 16.7 Å². The van der Waals surface area contributed by atoms with E-state index >= 15 is 0 Å². The molecule has 0 radical (unpaired) electrons. The van der Waals surface area contributed by atoms with Crippen LogP contribution in [-0.4, -0.2) is 47.1 Å². The summed E-state index contributed by atoms with van der Waals surface area (Å²) in [6.07, 6.45) is 3.09. The fraction of sp³-hybridized carbons (Fsp3) is 0.529. The number of nitrogens with zero attached hydrogens (tertiary/aromatic N) is 3. The molecule has 0 spiro atoms. The third kappa shape index (κ3) is 4.99. The smallest absolute Gasteiger partial charge is 0.202 e. The van der Waals surface area contributed by atoms with E-state index < -0.39 is 0 Å². The fourth-order valence-corrected chi connectivity index (χ4v) is 3.55. The van der Waals surface area contributed by atoms with Gasteiger partial charge in [0, 0.05) is 50.7 Å². The van der Waals surface area contributed by atoms with Crippen molar-refractivity contribution in [2.24, 2.45) is 0 Å². The van der Waals surface area contributed by atoms with Gasteiger partial charge in [0.05, 0.1) is 6.61 Å². The number of aromatic nitrogens is 2. The molecular formula is C17H24N4OS.